The van der Waals surface area contributed by atoms with Crippen LogP contribution < -0.4 is 5.32 Å². The summed E-state index contributed by atoms with van der Waals surface area (Å²) in [6.45, 7) is 4.50. The van der Waals surface area contributed by atoms with E-state index < -0.39 is 10.0 Å². The summed E-state index contributed by atoms with van der Waals surface area (Å²) >= 11 is 5.91. The van der Waals surface area contributed by atoms with Gasteiger partial charge in [-0.05, 0) is 54.8 Å². The van der Waals surface area contributed by atoms with Crippen molar-refractivity contribution in [2.45, 2.75) is 30.9 Å². The fraction of sp³-hybridized carbons (Fsp3) is 0.467. The van der Waals surface area contributed by atoms with E-state index in [1.165, 1.54) is 27.0 Å². The zero-order valence-electron chi connectivity index (χ0n) is 13.8. The van der Waals surface area contributed by atoms with E-state index in [1.807, 2.05) is 13.8 Å². The van der Waals surface area contributed by atoms with E-state index in [4.69, 9.17) is 0 Å². The van der Waals surface area contributed by atoms with Gasteiger partial charge in [0.1, 0.15) is 4.21 Å². The van der Waals surface area contributed by atoms with Gasteiger partial charge < -0.3 is 5.32 Å². The second-order valence-corrected chi connectivity index (χ2v) is 11.7. The second kappa shape index (κ2) is 7.43. The maximum absolute atomic E-state index is 12.7. The summed E-state index contributed by atoms with van der Waals surface area (Å²) in [5, 5.41) is 3.40. The van der Waals surface area contributed by atoms with Crippen molar-refractivity contribution >= 4 is 59.7 Å². The molecule has 1 fully saturated rings. The van der Waals surface area contributed by atoms with Gasteiger partial charge in [-0.1, -0.05) is 0 Å². The number of sulfonamides is 1. The van der Waals surface area contributed by atoms with Crippen molar-refractivity contribution in [3.8, 4) is 0 Å². The van der Waals surface area contributed by atoms with Crippen LogP contribution in [0.5, 0.6) is 0 Å². The predicted octanol–water partition coefficient (Wildman–Crippen LogP) is 3.62. The summed E-state index contributed by atoms with van der Waals surface area (Å²) in [5.41, 5.74) is 0.899. The van der Waals surface area contributed by atoms with Gasteiger partial charge in [-0.3, -0.25) is 4.79 Å². The maximum Gasteiger partial charge on any atom is 0.252 e. The second-order valence-electron chi connectivity index (χ2n) is 5.91. The van der Waals surface area contributed by atoms with Crippen LogP contribution in [-0.4, -0.2) is 36.7 Å². The molecule has 1 aliphatic heterocycles. The zero-order chi connectivity index (χ0) is 18.2. The van der Waals surface area contributed by atoms with Crippen LogP contribution in [0.25, 0.3) is 0 Å². The molecule has 0 bridgehead atoms. The number of aromatic nitrogens is 1. The molecule has 0 spiro atoms. The largest absolute Gasteiger partial charge is 0.302 e. The number of thiazole rings is 1. The molecule has 3 heterocycles. The minimum atomic E-state index is -3.55. The van der Waals surface area contributed by atoms with Crippen LogP contribution in [0.3, 0.4) is 0 Å². The number of amides is 1. The Balaban J connectivity index is 1.71. The van der Waals surface area contributed by atoms with Gasteiger partial charge in [0, 0.05) is 18.0 Å². The van der Waals surface area contributed by atoms with E-state index in [9.17, 15) is 13.2 Å². The van der Waals surface area contributed by atoms with Crippen molar-refractivity contribution in [3.63, 3.8) is 0 Å². The fourth-order valence-electron chi connectivity index (χ4n) is 2.67. The number of hydrogen-bond acceptors (Lipinski definition) is 6. The molecular formula is C15H18BrN3O3S3. The van der Waals surface area contributed by atoms with Crippen LogP contribution in [0.4, 0.5) is 5.13 Å². The lowest BCUT2D eigenvalue weighted by Gasteiger charge is -2.30. The third-order valence-electron chi connectivity index (χ3n) is 4.16. The molecule has 1 atom stereocenters. The topological polar surface area (TPSA) is 79.4 Å². The lowest BCUT2D eigenvalue weighted by atomic mass is 9.99. The molecule has 10 heteroatoms. The van der Waals surface area contributed by atoms with Crippen LogP contribution in [-0.2, 0) is 14.8 Å². The van der Waals surface area contributed by atoms with E-state index in [-0.39, 0.29) is 18.4 Å². The van der Waals surface area contributed by atoms with Gasteiger partial charge in [0.25, 0.3) is 10.0 Å². The number of anilines is 1. The highest BCUT2D eigenvalue weighted by molar-refractivity contribution is 9.11. The Morgan fingerprint density at radius 2 is 2.12 bits per heavy atom. The average Bonchev–Trinajstić information content (AvgIpc) is 3.14. The normalized spacial score (nSPS) is 19.1. The number of carbonyl (C=O) groups excluding carboxylic acids is 1. The van der Waals surface area contributed by atoms with Crippen molar-refractivity contribution in [1.29, 1.82) is 0 Å². The third kappa shape index (κ3) is 4.13. The van der Waals surface area contributed by atoms with Gasteiger partial charge >= 0.3 is 0 Å². The molecule has 136 valence electrons. The number of thiophene rings is 1. The Labute approximate surface area is 163 Å². The minimum absolute atomic E-state index is 0.166. The number of rotatable bonds is 4. The van der Waals surface area contributed by atoms with Gasteiger partial charge in [-0.25, -0.2) is 13.4 Å². The summed E-state index contributed by atoms with van der Waals surface area (Å²) in [5.74, 6) is -0.530. The Bertz CT molecular complexity index is 871. The van der Waals surface area contributed by atoms with Gasteiger partial charge in [0.2, 0.25) is 5.91 Å². The molecule has 1 amide bonds. The van der Waals surface area contributed by atoms with E-state index >= 15 is 0 Å². The van der Waals surface area contributed by atoms with Crippen molar-refractivity contribution in [1.82, 2.24) is 9.29 Å². The first-order valence-electron chi connectivity index (χ1n) is 7.78. The third-order valence-corrected chi connectivity index (χ3v) is 9.10. The molecular weight excluding hydrogens is 446 g/mol. The summed E-state index contributed by atoms with van der Waals surface area (Å²) in [7, 11) is -3.55. The average molecular weight is 464 g/mol. The molecule has 0 aliphatic carbocycles. The zero-order valence-corrected chi connectivity index (χ0v) is 17.8. The van der Waals surface area contributed by atoms with Crippen molar-refractivity contribution in [2.75, 3.05) is 18.4 Å². The van der Waals surface area contributed by atoms with Crippen molar-refractivity contribution in [2.24, 2.45) is 5.92 Å². The van der Waals surface area contributed by atoms with Crippen LogP contribution in [0.15, 0.2) is 20.1 Å². The molecule has 2 aromatic rings. The number of nitrogens with zero attached hydrogens (tertiary/aromatic N) is 2. The van der Waals surface area contributed by atoms with Crippen LogP contribution >= 0.6 is 38.6 Å². The number of halogens is 1. The number of carbonyl (C=O) groups is 1. The van der Waals surface area contributed by atoms with E-state index in [0.29, 0.717) is 28.7 Å². The number of piperidine rings is 1. The van der Waals surface area contributed by atoms with Crippen LogP contribution in [0.1, 0.15) is 23.4 Å². The van der Waals surface area contributed by atoms with Crippen molar-refractivity contribution in [3.05, 3.63) is 26.5 Å². The first-order valence-corrected chi connectivity index (χ1v) is 11.6. The minimum Gasteiger partial charge on any atom is -0.302 e. The maximum atomic E-state index is 12.7. The number of hydrogen-bond donors (Lipinski definition) is 1. The monoisotopic (exact) mass is 463 g/mol. The molecule has 1 saturated heterocycles. The molecule has 1 N–H and O–H groups in total. The SMILES string of the molecule is Cc1nc(NC(=O)C2CCCN(S(=O)(=O)c3ccc(Br)s3)C2)sc1C. The molecule has 0 aromatic carbocycles. The summed E-state index contributed by atoms with van der Waals surface area (Å²) in [6.07, 6.45) is 1.34. The van der Waals surface area contributed by atoms with E-state index in [0.717, 1.165) is 14.4 Å². The molecule has 0 radical (unpaired) electrons. The molecule has 0 saturated carbocycles. The lowest BCUT2D eigenvalue weighted by molar-refractivity contribution is -0.120. The Kier molecular flexibility index (Phi) is 5.64. The highest BCUT2D eigenvalue weighted by Gasteiger charge is 2.34. The van der Waals surface area contributed by atoms with Crippen LogP contribution in [0.2, 0.25) is 0 Å². The standard InChI is InChI=1S/C15H18BrN3O3S3/c1-9-10(2)23-15(17-9)18-14(20)11-4-3-7-19(8-11)25(21,22)13-6-5-12(16)24-13/h5-6,11H,3-4,7-8H2,1-2H3,(H,17,18,20). The Morgan fingerprint density at radius 3 is 2.72 bits per heavy atom. The van der Waals surface area contributed by atoms with Crippen LogP contribution in [0, 0.1) is 19.8 Å². The van der Waals surface area contributed by atoms with E-state index in [2.05, 4.69) is 26.2 Å². The molecule has 1 aliphatic rings. The molecule has 6 nitrogen and oxygen atoms in total. The fourth-order valence-corrected chi connectivity index (χ4v) is 7.18. The van der Waals surface area contributed by atoms with Gasteiger partial charge in [-0.15, -0.1) is 22.7 Å². The smallest absolute Gasteiger partial charge is 0.252 e. The predicted molar refractivity (Wildman–Crippen MR) is 104 cm³/mol. The highest BCUT2D eigenvalue weighted by Crippen LogP contribution is 2.31. The molecule has 3 rings (SSSR count). The van der Waals surface area contributed by atoms with E-state index in [1.54, 1.807) is 12.1 Å². The quantitative estimate of drug-likeness (QED) is 0.750. The lowest BCUT2D eigenvalue weighted by Crippen LogP contribution is -2.43. The summed E-state index contributed by atoms with van der Waals surface area (Å²) in [6, 6.07) is 3.31. The molecule has 25 heavy (non-hydrogen) atoms. The van der Waals surface area contributed by atoms with Gasteiger partial charge in [-0.2, -0.15) is 4.31 Å². The highest BCUT2D eigenvalue weighted by atomic mass is 79.9. The van der Waals surface area contributed by atoms with Gasteiger partial charge in [0.15, 0.2) is 5.13 Å². The Hall–Kier alpha value is -0.810. The first-order chi connectivity index (χ1) is 11.8. The first kappa shape index (κ1) is 19.0. The Morgan fingerprint density at radius 1 is 1.36 bits per heavy atom. The summed E-state index contributed by atoms with van der Waals surface area (Å²) < 4.78 is 28.0. The van der Waals surface area contributed by atoms with Crippen molar-refractivity contribution < 1.29 is 13.2 Å². The molecule has 2 aromatic heterocycles. The summed E-state index contributed by atoms with van der Waals surface area (Å²) in [4.78, 5) is 17.9. The number of aryl methyl sites for hydroxylation is 2. The molecule has 1 unspecified atom stereocenters. The number of nitrogens with one attached hydrogen (secondary N) is 1. The van der Waals surface area contributed by atoms with Gasteiger partial charge in [0.05, 0.1) is 15.4 Å².